The quantitative estimate of drug-likeness (QED) is 0.858. The van der Waals surface area contributed by atoms with Crippen LogP contribution in [0.5, 0.6) is 0 Å². The highest BCUT2D eigenvalue weighted by Gasteiger charge is 2.08. The Kier molecular flexibility index (Phi) is 3.06. The fourth-order valence-corrected chi connectivity index (χ4v) is 1.71. The van der Waals surface area contributed by atoms with Gasteiger partial charge in [0.05, 0.1) is 5.69 Å². The Morgan fingerprint density at radius 1 is 1.31 bits per heavy atom. The molecular weight excluding hydrogens is 202 g/mol. The highest BCUT2D eigenvalue weighted by atomic mass is 16.4. The maximum absolute atomic E-state index is 9.01. The van der Waals surface area contributed by atoms with Crippen LogP contribution in [0.3, 0.4) is 0 Å². The molecule has 0 saturated carbocycles. The number of hydrogen-bond donors (Lipinski definition) is 1. The van der Waals surface area contributed by atoms with Crippen LogP contribution in [-0.2, 0) is 13.0 Å². The Hall–Kier alpha value is -1.61. The minimum absolute atomic E-state index is 0.0906. The first-order chi connectivity index (χ1) is 7.69. The summed E-state index contributed by atoms with van der Waals surface area (Å²) >= 11 is 0. The van der Waals surface area contributed by atoms with E-state index in [1.54, 1.807) is 0 Å². The van der Waals surface area contributed by atoms with Crippen LogP contribution in [0, 0.1) is 13.8 Å². The van der Waals surface area contributed by atoms with E-state index < -0.39 is 0 Å². The van der Waals surface area contributed by atoms with Crippen LogP contribution in [0.4, 0.5) is 0 Å². The molecule has 1 aromatic carbocycles. The molecule has 1 aromatic heterocycles. The SMILES string of the molecule is Cc1cccc(Cc2nc(C)c(CO)o2)c1. The summed E-state index contributed by atoms with van der Waals surface area (Å²) < 4.78 is 5.45. The summed E-state index contributed by atoms with van der Waals surface area (Å²) in [5.74, 6) is 1.22. The summed E-state index contributed by atoms with van der Waals surface area (Å²) in [5.41, 5.74) is 3.17. The third-order valence-electron chi connectivity index (χ3n) is 2.52. The molecule has 1 N–H and O–H groups in total. The second-order valence-electron chi connectivity index (χ2n) is 3.94. The molecule has 0 unspecified atom stereocenters. The lowest BCUT2D eigenvalue weighted by Crippen LogP contribution is -1.88. The maximum atomic E-state index is 9.01. The molecule has 0 radical (unpaired) electrons. The molecule has 0 aliphatic carbocycles. The van der Waals surface area contributed by atoms with Gasteiger partial charge in [0.15, 0.2) is 11.7 Å². The van der Waals surface area contributed by atoms with Crippen LogP contribution in [0.1, 0.15) is 28.5 Å². The van der Waals surface area contributed by atoms with Gasteiger partial charge in [0.2, 0.25) is 0 Å². The van der Waals surface area contributed by atoms with Gasteiger partial charge in [-0.15, -0.1) is 0 Å². The van der Waals surface area contributed by atoms with Gasteiger partial charge in [-0.3, -0.25) is 0 Å². The zero-order valence-corrected chi connectivity index (χ0v) is 9.53. The van der Waals surface area contributed by atoms with Crippen molar-refractivity contribution < 1.29 is 9.52 Å². The molecule has 0 amide bonds. The Labute approximate surface area is 94.8 Å². The molecule has 3 nitrogen and oxygen atoms in total. The molecule has 0 fully saturated rings. The molecule has 3 heteroatoms. The van der Waals surface area contributed by atoms with Gasteiger partial charge in [0, 0.05) is 6.42 Å². The Morgan fingerprint density at radius 2 is 2.12 bits per heavy atom. The van der Waals surface area contributed by atoms with Gasteiger partial charge in [-0.25, -0.2) is 4.98 Å². The number of aryl methyl sites for hydroxylation is 2. The van der Waals surface area contributed by atoms with Crippen LogP contribution in [0.2, 0.25) is 0 Å². The van der Waals surface area contributed by atoms with E-state index in [0.717, 1.165) is 5.69 Å². The zero-order valence-electron chi connectivity index (χ0n) is 9.53. The summed E-state index contributed by atoms with van der Waals surface area (Å²) in [6.07, 6.45) is 0.669. The van der Waals surface area contributed by atoms with Gasteiger partial charge in [0.1, 0.15) is 6.61 Å². The molecule has 0 saturated heterocycles. The standard InChI is InChI=1S/C13H15NO2/c1-9-4-3-5-11(6-9)7-13-14-10(2)12(8-15)16-13/h3-6,15H,7-8H2,1-2H3. The molecule has 0 atom stereocenters. The van der Waals surface area contributed by atoms with Crippen molar-refractivity contribution in [3.63, 3.8) is 0 Å². The van der Waals surface area contributed by atoms with E-state index >= 15 is 0 Å². The van der Waals surface area contributed by atoms with Crippen LogP contribution in [-0.4, -0.2) is 10.1 Å². The van der Waals surface area contributed by atoms with Crippen molar-refractivity contribution in [2.75, 3.05) is 0 Å². The average molecular weight is 217 g/mol. The maximum Gasteiger partial charge on any atom is 0.199 e. The first-order valence-electron chi connectivity index (χ1n) is 5.30. The summed E-state index contributed by atoms with van der Waals surface area (Å²) in [4.78, 5) is 4.28. The fraction of sp³-hybridized carbons (Fsp3) is 0.308. The normalized spacial score (nSPS) is 10.7. The molecule has 0 bridgehead atoms. The smallest absolute Gasteiger partial charge is 0.199 e. The van der Waals surface area contributed by atoms with E-state index in [4.69, 9.17) is 9.52 Å². The van der Waals surface area contributed by atoms with Crippen LogP contribution < -0.4 is 0 Å². The third-order valence-corrected chi connectivity index (χ3v) is 2.52. The first kappa shape index (κ1) is 10.9. The highest BCUT2D eigenvalue weighted by molar-refractivity contribution is 5.24. The molecule has 0 spiro atoms. The van der Waals surface area contributed by atoms with E-state index in [1.807, 2.05) is 19.1 Å². The fourth-order valence-electron chi connectivity index (χ4n) is 1.71. The first-order valence-corrected chi connectivity index (χ1v) is 5.30. The van der Waals surface area contributed by atoms with Crippen LogP contribution >= 0.6 is 0 Å². The minimum atomic E-state index is -0.0906. The van der Waals surface area contributed by atoms with Gasteiger partial charge in [-0.2, -0.15) is 0 Å². The van der Waals surface area contributed by atoms with Gasteiger partial charge < -0.3 is 9.52 Å². The lowest BCUT2D eigenvalue weighted by molar-refractivity contribution is 0.243. The van der Waals surface area contributed by atoms with Gasteiger partial charge in [0.25, 0.3) is 0 Å². The van der Waals surface area contributed by atoms with Gasteiger partial charge >= 0.3 is 0 Å². The average Bonchev–Trinajstić information content (AvgIpc) is 2.58. The van der Waals surface area contributed by atoms with E-state index in [-0.39, 0.29) is 6.61 Å². The van der Waals surface area contributed by atoms with Crippen molar-refractivity contribution in [2.24, 2.45) is 0 Å². The Morgan fingerprint density at radius 3 is 2.75 bits per heavy atom. The second kappa shape index (κ2) is 4.49. The summed E-state index contributed by atoms with van der Waals surface area (Å²) in [7, 11) is 0. The monoisotopic (exact) mass is 217 g/mol. The number of aliphatic hydroxyl groups excluding tert-OH is 1. The Bertz CT molecular complexity index is 488. The largest absolute Gasteiger partial charge is 0.443 e. The van der Waals surface area contributed by atoms with E-state index in [9.17, 15) is 0 Å². The van der Waals surface area contributed by atoms with Gasteiger partial charge in [-0.1, -0.05) is 29.8 Å². The van der Waals surface area contributed by atoms with Crippen molar-refractivity contribution in [2.45, 2.75) is 26.9 Å². The lowest BCUT2D eigenvalue weighted by Gasteiger charge is -1.98. The number of benzene rings is 1. The molecule has 0 aliphatic rings. The summed E-state index contributed by atoms with van der Waals surface area (Å²) in [6.45, 7) is 3.81. The minimum Gasteiger partial charge on any atom is -0.443 e. The second-order valence-corrected chi connectivity index (χ2v) is 3.94. The van der Waals surface area contributed by atoms with Gasteiger partial charge in [-0.05, 0) is 19.4 Å². The van der Waals surface area contributed by atoms with Crippen LogP contribution in [0.25, 0.3) is 0 Å². The van der Waals surface area contributed by atoms with Crippen molar-refractivity contribution in [1.29, 1.82) is 0 Å². The number of nitrogens with zero attached hydrogens (tertiary/aromatic N) is 1. The molecule has 2 rings (SSSR count). The predicted octanol–water partition coefficient (Wildman–Crippen LogP) is 2.37. The van der Waals surface area contributed by atoms with E-state index in [0.29, 0.717) is 18.1 Å². The number of rotatable bonds is 3. The van der Waals surface area contributed by atoms with Crippen molar-refractivity contribution >= 4 is 0 Å². The number of aliphatic hydroxyl groups is 1. The predicted molar refractivity (Wildman–Crippen MR) is 61.1 cm³/mol. The van der Waals surface area contributed by atoms with E-state index in [1.165, 1.54) is 11.1 Å². The van der Waals surface area contributed by atoms with E-state index in [2.05, 4.69) is 24.0 Å². The summed E-state index contributed by atoms with van der Waals surface area (Å²) in [6, 6.07) is 8.24. The van der Waals surface area contributed by atoms with Crippen molar-refractivity contribution in [3.8, 4) is 0 Å². The number of aromatic nitrogens is 1. The molecule has 0 aliphatic heterocycles. The number of hydrogen-bond acceptors (Lipinski definition) is 3. The summed E-state index contributed by atoms with van der Waals surface area (Å²) in [5, 5.41) is 9.01. The van der Waals surface area contributed by atoms with Crippen molar-refractivity contribution in [1.82, 2.24) is 4.98 Å². The third kappa shape index (κ3) is 2.31. The number of oxazole rings is 1. The molecule has 2 aromatic rings. The molecule has 16 heavy (non-hydrogen) atoms. The highest BCUT2D eigenvalue weighted by Crippen LogP contribution is 2.14. The van der Waals surface area contributed by atoms with Crippen molar-refractivity contribution in [3.05, 3.63) is 52.7 Å². The molecular formula is C13H15NO2. The lowest BCUT2D eigenvalue weighted by atomic mass is 10.1. The van der Waals surface area contributed by atoms with Crippen LogP contribution in [0.15, 0.2) is 28.7 Å². The molecule has 1 heterocycles. The topological polar surface area (TPSA) is 46.3 Å². The Balaban J connectivity index is 2.20. The molecule has 84 valence electrons. The zero-order chi connectivity index (χ0) is 11.5.